The maximum Gasteiger partial charge on any atom is 0.296 e. The third-order valence-corrected chi connectivity index (χ3v) is 21.3. The fraction of sp³-hybridized carbons (Fsp3) is 0.0588. The SMILES string of the molecule is CNc1ccc2c(O)c(N=Nc3cc(OC)c(N=Nc4ccc(N=Nc5cccc(S(=O)(=O)O)c5)c5ccc(S(O)(O)O)cc45)cc3O)c(S(=O)(=O)O)cc2c1.COc1cc(N=Nc2c(S(O)(O)O)cc3cc(C)ccc3c2O)c(O)cc1N=Nc1ccc(N=Nc2cccc(S(O)(O)O)c2)c2ccc(S(=O)(=O)O)cc12.[Cu].[Cu]. The molecule has 0 saturated heterocycles. The summed E-state index contributed by atoms with van der Waals surface area (Å²) in [5.41, 5.74) is 0.639. The summed E-state index contributed by atoms with van der Waals surface area (Å²) in [6.45, 7) is 1.79. The molecule has 45 heteroatoms. The van der Waals surface area contributed by atoms with Gasteiger partial charge < -0.3 is 76.2 Å². The van der Waals surface area contributed by atoms with Crippen molar-refractivity contribution in [1.82, 2.24) is 0 Å². The van der Waals surface area contributed by atoms with Gasteiger partial charge in [-0.1, -0.05) is 48.0 Å². The Hall–Kier alpha value is -10.7. The Labute approximate surface area is 665 Å². The molecule has 0 amide bonds. The molecule has 0 saturated carbocycles. The molecule has 0 aliphatic rings. The van der Waals surface area contributed by atoms with E-state index in [9.17, 15) is 100 Å². The number of phenolic OH excluding ortho intramolecular Hbond substituents is 4. The van der Waals surface area contributed by atoms with Crippen molar-refractivity contribution < 1.29 is 144 Å². The van der Waals surface area contributed by atoms with Crippen molar-refractivity contribution in [3.8, 4) is 34.5 Å². The summed E-state index contributed by atoms with van der Waals surface area (Å²) in [7, 11) is -22.5. The molecule has 2 radical (unpaired) electrons. The van der Waals surface area contributed by atoms with Gasteiger partial charge in [-0.05, 0) is 133 Å². The number of benzene rings is 12. The first kappa shape index (κ1) is 86.3. The Balaban J connectivity index is 0.000000255. The number of methoxy groups -OCH3 is 2. The molecule has 598 valence electrons. The van der Waals surface area contributed by atoms with Crippen LogP contribution in [0.2, 0.25) is 0 Å². The largest absolute Gasteiger partial charge is 0.506 e. The van der Waals surface area contributed by atoms with Crippen LogP contribution in [0.15, 0.2) is 273 Å². The molecule has 0 aromatic heterocycles. The number of nitrogens with one attached hydrogen (secondary N) is 1. The van der Waals surface area contributed by atoms with Crippen molar-refractivity contribution in [2.24, 2.45) is 61.4 Å². The summed E-state index contributed by atoms with van der Waals surface area (Å²) < 4.78 is 200. The number of aryl methyl sites for hydroxylation is 1. The first-order valence-electron chi connectivity index (χ1n) is 31.0. The van der Waals surface area contributed by atoms with Crippen LogP contribution >= 0.6 is 32.6 Å². The van der Waals surface area contributed by atoms with Gasteiger partial charge in [0, 0.05) is 103 Å². The molecular formula is C68H59Cu2N13O24S6. The summed E-state index contributed by atoms with van der Waals surface area (Å²) >= 11 is 0. The molecule has 0 unspecified atom stereocenters. The van der Waals surface area contributed by atoms with Crippen molar-refractivity contribution in [2.45, 2.75) is 36.3 Å². The van der Waals surface area contributed by atoms with Crippen molar-refractivity contribution in [2.75, 3.05) is 26.6 Å². The number of nitrogens with zero attached hydrogens (tertiary/aromatic N) is 12. The van der Waals surface area contributed by atoms with E-state index in [0.717, 1.165) is 42.0 Å². The minimum atomic E-state index is -4.92. The topological polar surface area (TPSA) is 605 Å². The summed E-state index contributed by atoms with van der Waals surface area (Å²) in [6, 6.07) is 40.4. The smallest absolute Gasteiger partial charge is 0.296 e. The van der Waals surface area contributed by atoms with Crippen LogP contribution in [0.1, 0.15) is 5.56 Å². The van der Waals surface area contributed by atoms with E-state index in [1.165, 1.54) is 129 Å². The van der Waals surface area contributed by atoms with Crippen LogP contribution in [0.4, 0.5) is 73.9 Å². The molecule has 0 atom stereocenters. The third-order valence-electron chi connectivity index (χ3n) is 16.0. The van der Waals surface area contributed by atoms with Crippen molar-refractivity contribution in [3.05, 3.63) is 188 Å². The van der Waals surface area contributed by atoms with Crippen LogP contribution in [0.25, 0.3) is 43.1 Å². The fourth-order valence-corrected chi connectivity index (χ4v) is 14.1. The molecule has 12 rings (SSSR count). The monoisotopic (exact) mass is 1760 g/mol. The van der Waals surface area contributed by atoms with Crippen LogP contribution in [0.5, 0.6) is 34.5 Å². The molecule has 12 aromatic rings. The van der Waals surface area contributed by atoms with E-state index in [0.29, 0.717) is 21.8 Å². The van der Waals surface area contributed by atoms with Gasteiger partial charge in [0.25, 0.3) is 30.4 Å². The number of rotatable bonds is 21. The van der Waals surface area contributed by atoms with Gasteiger partial charge in [0.15, 0.2) is 11.5 Å². The van der Waals surface area contributed by atoms with E-state index in [2.05, 4.69) is 66.7 Å². The summed E-state index contributed by atoms with van der Waals surface area (Å²) in [5.74, 6) is -2.15. The average molecular weight is 1760 g/mol. The zero-order valence-electron chi connectivity index (χ0n) is 57.7. The van der Waals surface area contributed by atoms with Crippen LogP contribution in [-0.4, -0.2) is 122 Å². The first-order valence-corrected chi connectivity index (χ1v) is 39.9. The van der Waals surface area contributed by atoms with Crippen LogP contribution in [0.3, 0.4) is 0 Å². The molecule has 0 heterocycles. The molecule has 0 spiro atoms. The normalized spacial score (nSPS) is 13.0. The van der Waals surface area contributed by atoms with Crippen LogP contribution in [0, 0.1) is 6.92 Å². The summed E-state index contributed by atoms with van der Waals surface area (Å²) in [4.78, 5) is -2.56. The Morgan fingerprint density at radius 2 is 0.690 bits per heavy atom. The average Bonchev–Trinajstić information content (AvgIpc) is 0.747. The molecule has 0 aliphatic heterocycles. The Kier molecular flexibility index (Phi) is 26.2. The van der Waals surface area contributed by atoms with Gasteiger partial charge in [0.05, 0.1) is 72.8 Å². The second kappa shape index (κ2) is 34.4. The second-order valence-electron chi connectivity index (χ2n) is 23.4. The Bertz CT molecular complexity index is 6330. The molecule has 12 aromatic carbocycles. The number of hydrogen-bond acceptors (Lipinski definition) is 34. The van der Waals surface area contributed by atoms with Gasteiger partial charge in [0.2, 0.25) is 0 Å². The quantitative estimate of drug-likeness (QED) is 0.0180. The standard InChI is InChI=1S/C34H29N7O12S3.C34H30N6O12S3.2Cu/c1-35-19-6-8-23-18(12-19)13-32(56(50,51)52)33(34(23)43)41-39-28-17-31(53-2)29(16-30(28)42)40-38-27-11-10-26(24-9-7-22(15-25(24)27)55(47,48)49)37-36-20-4-3-5-21(14-20)54(44,45)46;1-18-6-8-23-19(12-18)13-32(55(49,50)51)33(34(23)42)40-38-28-17-31(52-2)29(16-30(28)41)39-37-27-11-10-26(24-9-7-22(15-25(24)27)54(46,47)48)36-35-20-4-3-5-21(14-20)53(43,44)45;;/h3-17,35,42-43,47-49H,1-2H3,(H,44,45,46)(H,50,51,52);3-17,41-45,49-51H,1-2H3,(H,46,47,48);;. The number of hydrogen-bond donors (Lipinski definition) is 17. The third kappa shape index (κ3) is 20.0. The van der Waals surface area contributed by atoms with Gasteiger partial charge >= 0.3 is 0 Å². The van der Waals surface area contributed by atoms with Crippen molar-refractivity contribution >= 4 is 180 Å². The summed E-state index contributed by atoms with van der Waals surface area (Å²) in [6.07, 6.45) is 0. The maximum atomic E-state index is 12.3. The molecule has 37 nitrogen and oxygen atoms in total. The number of azo groups is 6. The number of aromatic hydroxyl groups is 4. The number of anilines is 1. The van der Waals surface area contributed by atoms with E-state index < -0.39 is 117 Å². The first-order chi connectivity index (χ1) is 52.2. The van der Waals surface area contributed by atoms with E-state index in [1.54, 1.807) is 44.3 Å². The molecule has 0 fully saturated rings. The Morgan fingerprint density at radius 1 is 0.319 bits per heavy atom. The van der Waals surface area contributed by atoms with E-state index in [-0.39, 0.29) is 139 Å². The number of ether oxygens (including phenoxy) is 2. The number of phenols is 4. The molecule has 0 aliphatic carbocycles. The summed E-state index contributed by atoms with van der Waals surface area (Å²) in [5, 5.41) is 97.6. The van der Waals surface area contributed by atoms with E-state index in [1.807, 2.05) is 0 Å². The maximum absolute atomic E-state index is 12.3. The van der Waals surface area contributed by atoms with Gasteiger partial charge in [-0.2, -0.15) is 35.5 Å². The minimum absolute atomic E-state index is 0. The molecule has 113 heavy (non-hydrogen) atoms. The van der Waals surface area contributed by atoms with Gasteiger partial charge in [0.1, 0.15) is 94.6 Å². The van der Waals surface area contributed by atoms with Crippen LogP contribution < -0.4 is 14.8 Å². The predicted octanol–water partition coefficient (Wildman–Crippen LogP) is 21.2. The van der Waals surface area contributed by atoms with E-state index in [4.69, 9.17) is 9.47 Å². The van der Waals surface area contributed by atoms with Gasteiger partial charge in [-0.3, -0.25) is 13.7 Å². The number of fused-ring (bicyclic) bond motifs is 4. The second-order valence-corrected chi connectivity index (χ2v) is 32.1. The Morgan fingerprint density at radius 3 is 1.14 bits per heavy atom. The minimum Gasteiger partial charge on any atom is -0.506 e. The predicted molar refractivity (Wildman–Crippen MR) is 411 cm³/mol. The molecule has 0 bridgehead atoms. The zero-order chi connectivity index (χ0) is 80.4. The zero-order valence-corrected chi connectivity index (χ0v) is 64.4. The van der Waals surface area contributed by atoms with Crippen LogP contribution in [-0.2, 0) is 64.5 Å². The molecule has 17 N–H and O–H groups in total. The van der Waals surface area contributed by atoms with Crippen molar-refractivity contribution in [3.63, 3.8) is 0 Å². The molecular weight excluding hydrogens is 1700 g/mol. The van der Waals surface area contributed by atoms with Crippen molar-refractivity contribution in [1.29, 1.82) is 0 Å². The fourth-order valence-electron chi connectivity index (χ4n) is 10.7. The van der Waals surface area contributed by atoms with Gasteiger partial charge in [-0.25, -0.2) is 0 Å². The van der Waals surface area contributed by atoms with Gasteiger partial charge in [-0.15, -0.1) is 51.1 Å². The van der Waals surface area contributed by atoms with E-state index >= 15 is 0 Å².